The topological polar surface area (TPSA) is 60.3 Å². The molecular weight excluding hydrogens is 352 g/mol. The number of ketones is 1. The van der Waals surface area contributed by atoms with Crippen LogP contribution in [-0.4, -0.2) is 22.9 Å². The first-order valence-electron chi connectivity index (χ1n) is 9.27. The summed E-state index contributed by atoms with van der Waals surface area (Å²) >= 11 is 0. The third kappa shape index (κ3) is 4.49. The van der Waals surface area contributed by atoms with Crippen LogP contribution in [0.5, 0.6) is 5.75 Å². The molecule has 28 heavy (non-hydrogen) atoms. The molecule has 0 atom stereocenters. The summed E-state index contributed by atoms with van der Waals surface area (Å²) in [5.74, 6) is -0.513. The van der Waals surface area contributed by atoms with Gasteiger partial charge in [-0.3, -0.25) is 9.59 Å². The molecule has 3 rings (SSSR count). The van der Waals surface area contributed by atoms with E-state index in [1.807, 2.05) is 19.2 Å². The Morgan fingerprint density at radius 3 is 2.43 bits per heavy atom. The predicted octanol–water partition coefficient (Wildman–Crippen LogP) is 4.37. The SMILES string of the molecule is CCOc1ccc(NC(=O)C(=O)c2cccn2Cc2ccc(C)c(C)c2)cc1. The average molecular weight is 376 g/mol. The predicted molar refractivity (Wildman–Crippen MR) is 110 cm³/mol. The minimum Gasteiger partial charge on any atom is -0.494 e. The summed E-state index contributed by atoms with van der Waals surface area (Å²) in [6, 6.07) is 16.6. The molecule has 0 aliphatic rings. The number of nitrogens with zero attached hydrogens (tertiary/aromatic N) is 1. The normalized spacial score (nSPS) is 10.5. The number of amides is 1. The third-order valence-corrected chi connectivity index (χ3v) is 4.62. The van der Waals surface area contributed by atoms with Crippen molar-refractivity contribution in [1.82, 2.24) is 4.57 Å². The molecule has 1 amide bonds. The summed E-state index contributed by atoms with van der Waals surface area (Å²) in [6.45, 7) is 7.13. The molecule has 0 saturated heterocycles. The second kappa shape index (κ2) is 8.57. The highest BCUT2D eigenvalue weighted by atomic mass is 16.5. The van der Waals surface area contributed by atoms with Crippen LogP contribution < -0.4 is 10.1 Å². The van der Waals surface area contributed by atoms with E-state index in [1.54, 1.807) is 41.0 Å². The smallest absolute Gasteiger partial charge is 0.298 e. The maximum atomic E-state index is 12.7. The van der Waals surface area contributed by atoms with Crippen molar-refractivity contribution in [2.24, 2.45) is 0 Å². The minimum absolute atomic E-state index is 0.363. The van der Waals surface area contributed by atoms with Crippen LogP contribution in [0.4, 0.5) is 5.69 Å². The highest BCUT2D eigenvalue weighted by Crippen LogP contribution is 2.17. The Morgan fingerprint density at radius 1 is 1.00 bits per heavy atom. The number of Topliss-reactive ketones (excluding diaryl/α,β-unsaturated/α-hetero) is 1. The Labute approximate surface area is 165 Å². The zero-order valence-electron chi connectivity index (χ0n) is 16.4. The number of hydrogen-bond acceptors (Lipinski definition) is 3. The molecule has 0 unspecified atom stereocenters. The Bertz CT molecular complexity index is 987. The van der Waals surface area contributed by atoms with E-state index in [-0.39, 0.29) is 0 Å². The number of carbonyl (C=O) groups is 2. The molecule has 5 nitrogen and oxygen atoms in total. The van der Waals surface area contributed by atoms with Crippen LogP contribution in [0, 0.1) is 13.8 Å². The quantitative estimate of drug-likeness (QED) is 0.492. The van der Waals surface area contributed by atoms with Gasteiger partial charge in [0.25, 0.3) is 11.7 Å². The standard InChI is InChI=1S/C23H24N2O3/c1-4-28-20-11-9-19(10-12-20)24-23(27)22(26)21-6-5-13-25(21)15-18-8-7-16(2)17(3)14-18/h5-14H,4,15H2,1-3H3,(H,24,27). The van der Waals surface area contributed by atoms with Crippen LogP contribution in [0.25, 0.3) is 0 Å². The second-order valence-electron chi connectivity index (χ2n) is 6.68. The number of anilines is 1. The monoisotopic (exact) mass is 376 g/mol. The summed E-state index contributed by atoms with van der Waals surface area (Å²) in [5.41, 5.74) is 4.42. The van der Waals surface area contributed by atoms with Crippen LogP contribution in [0.2, 0.25) is 0 Å². The molecule has 0 fully saturated rings. The molecule has 0 aliphatic carbocycles. The number of ether oxygens (including phenoxy) is 1. The summed E-state index contributed by atoms with van der Waals surface area (Å²) in [5, 5.41) is 2.65. The molecule has 0 radical (unpaired) electrons. The van der Waals surface area contributed by atoms with Crippen molar-refractivity contribution in [3.63, 3.8) is 0 Å². The average Bonchev–Trinajstić information content (AvgIpc) is 3.14. The Morgan fingerprint density at radius 2 is 1.75 bits per heavy atom. The molecule has 3 aromatic rings. The Hall–Kier alpha value is -3.34. The third-order valence-electron chi connectivity index (χ3n) is 4.62. The van der Waals surface area contributed by atoms with Crippen molar-refractivity contribution >= 4 is 17.4 Å². The van der Waals surface area contributed by atoms with Gasteiger partial charge in [-0.25, -0.2) is 0 Å². The fourth-order valence-electron chi connectivity index (χ4n) is 2.96. The molecule has 5 heteroatoms. The number of rotatable bonds is 7. The highest BCUT2D eigenvalue weighted by molar-refractivity contribution is 6.46. The lowest BCUT2D eigenvalue weighted by Crippen LogP contribution is -2.25. The molecule has 0 aliphatic heterocycles. The molecule has 0 saturated carbocycles. The second-order valence-corrected chi connectivity index (χ2v) is 6.68. The van der Waals surface area contributed by atoms with Crippen molar-refractivity contribution < 1.29 is 14.3 Å². The van der Waals surface area contributed by atoms with Gasteiger partial charge in [-0.1, -0.05) is 18.2 Å². The van der Waals surface area contributed by atoms with E-state index in [0.29, 0.717) is 30.3 Å². The van der Waals surface area contributed by atoms with Gasteiger partial charge in [0.2, 0.25) is 0 Å². The summed E-state index contributed by atoms with van der Waals surface area (Å²) < 4.78 is 7.17. The first-order valence-corrected chi connectivity index (χ1v) is 9.27. The van der Waals surface area contributed by atoms with Crippen molar-refractivity contribution in [3.8, 4) is 5.75 Å². The van der Waals surface area contributed by atoms with E-state index in [1.165, 1.54) is 11.1 Å². The number of aromatic nitrogens is 1. The molecule has 0 spiro atoms. The lowest BCUT2D eigenvalue weighted by molar-refractivity contribution is -0.112. The first-order chi connectivity index (χ1) is 13.5. The van der Waals surface area contributed by atoms with Crippen LogP contribution in [0.15, 0.2) is 60.8 Å². The first kappa shape index (κ1) is 19.4. The van der Waals surface area contributed by atoms with Crippen LogP contribution >= 0.6 is 0 Å². The Kier molecular flexibility index (Phi) is 5.94. The molecule has 1 aromatic heterocycles. The van der Waals surface area contributed by atoms with Gasteiger partial charge in [-0.15, -0.1) is 0 Å². The van der Waals surface area contributed by atoms with E-state index in [2.05, 4.69) is 31.3 Å². The molecule has 1 heterocycles. The van der Waals surface area contributed by atoms with E-state index < -0.39 is 11.7 Å². The lowest BCUT2D eigenvalue weighted by Gasteiger charge is -2.11. The molecule has 1 N–H and O–H groups in total. The van der Waals surface area contributed by atoms with Gasteiger partial charge in [0.05, 0.1) is 12.3 Å². The van der Waals surface area contributed by atoms with Crippen LogP contribution in [0.3, 0.4) is 0 Å². The van der Waals surface area contributed by atoms with Gasteiger partial charge >= 0.3 is 0 Å². The van der Waals surface area contributed by atoms with Gasteiger partial charge in [0.1, 0.15) is 5.75 Å². The number of carbonyl (C=O) groups excluding carboxylic acids is 2. The zero-order valence-corrected chi connectivity index (χ0v) is 16.4. The molecule has 0 bridgehead atoms. The van der Waals surface area contributed by atoms with Gasteiger partial charge in [-0.05, 0) is 73.9 Å². The van der Waals surface area contributed by atoms with Gasteiger partial charge < -0.3 is 14.6 Å². The van der Waals surface area contributed by atoms with Crippen LogP contribution in [0.1, 0.15) is 34.1 Å². The van der Waals surface area contributed by atoms with Gasteiger partial charge in [-0.2, -0.15) is 0 Å². The van der Waals surface area contributed by atoms with Crippen molar-refractivity contribution in [2.45, 2.75) is 27.3 Å². The molecule has 2 aromatic carbocycles. The summed E-state index contributed by atoms with van der Waals surface area (Å²) in [7, 11) is 0. The van der Waals surface area contributed by atoms with E-state index in [4.69, 9.17) is 4.74 Å². The molecule has 144 valence electrons. The minimum atomic E-state index is -0.663. The van der Waals surface area contributed by atoms with E-state index in [0.717, 1.165) is 5.56 Å². The van der Waals surface area contributed by atoms with Crippen LogP contribution in [-0.2, 0) is 11.3 Å². The number of aryl methyl sites for hydroxylation is 2. The number of nitrogens with one attached hydrogen (secondary N) is 1. The number of benzene rings is 2. The largest absolute Gasteiger partial charge is 0.494 e. The lowest BCUT2D eigenvalue weighted by atomic mass is 10.1. The van der Waals surface area contributed by atoms with Gasteiger partial charge in [0, 0.05) is 18.4 Å². The Balaban J connectivity index is 1.71. The van der Waals surface area contributed by atoms with E-state index >= 15 is 0 Å². The van der Waals surface area contributed by atoms with Crippen molar-refractivity contribution in [2.75, 3.05) is 11.9 Å². The zero-order chi connectivity index (χ0) is 20.1. The van der Waals surface area contributed by atoms with Gasteiger partial charge in [0.15, 0.2) is 0 Å². The fourth-order valence-corrected chi connectivity index (χ4v) is 2.96. The highest BCUT2D eigenvalue weighted by Gasteiger charge is 2.20. The molecular formula is C23H24N2O3. The van der Waals surface area contributed by atoms with Crippen molar-refractivity contribution in [3.05, 3.63) is 83.2 Å². The van der Waals surface area contributed by atoms with Crippen molar-refractivity contribution in [1.29, 1.82) is 0 Å². The summed E-state index contributed by atoms with van der Waals surface area (Å²) in [6.07, 6.45) is 1.81. The van der Waals surface area contributed by atoms with E-state index in [9.17, 15) is 9.59 Å². The fraction of sp³-hybridized carbons (Fsp3) is 0.217. The summed E-state index contributed by atoms with van der Waals surface area (Å²) in [4.78, 5) is 25.1. The maximum absolute atomic E-state index is 12.7. The number of hydrogen-bond donors (Lipinski definition) is 1. The maximum Gasteiger partial charge on any atom is 0.298 e.